The van der Waals surface area contributed by atoms with Gasteiger partial charge in [0, 0.05) is 41.9 Å². The third kappa shape index (κ3) is 5.68. The maximum atomic E-state index is 12.5. The summed E-state index contributed by atoms with van der Waals surface area (Å²) in [5.74, 6) is 0.250. The van der Waals surface area contributed by atoms with Gasteiger partial charge in [0.25, 0.3) is 0 Å². The SMILES string of the molecule is N[C@@H](C(=O)Nc1ccc(-c2ccnc(Nc3ccc(N4CCOCC4)cc3)n2)cc1)c1ccccc1. The first-order valence-electron chi connectivity index (χ1n) is 11.9. The van der Waals surface area contributed by atoms with Gasteiger partial charge in [0.15, 0.2) is 0 Å². The van der Waals surface area contributed by atoms with Crippen molar-refractivity contribution in [1.82, 2.24) is 9.97 Å². The first-order valence-corrected chi connectivity index (χ1v) is 11.9. The highest BCUT2D eigenvalue weighted by Crippen LogP contribution is 2.24. The molecular weight excluding hydrogens is 452 g/mol. The summed E-state index contributed by atoms with van der Waals surface area (Å²) >= 11 is 0. The van der Waals surface area contributed by atoms with E-state index in [0.29, 0.717) is 11.6 Å². The maximum Gasteiger partial charge on any atom is 0.245 e. The number of nitrogens with two attached hydrogens (primary N) is 1. The first-order chi connectivity index (χ1) is 17.7. The molecule has 3 aromatic carbocycles. The van der Waals surface area contributed by atoms with Gasteiger partial charge in [-0.2, -0.15) is 0 Å². The number of carbonyl (C=O) groups is 1. The second-order valence-electron chi connectivity index (χ2n) is 8.49. The van der Waals surface area contributed by atoms with E-state index in [1.165, 1.54) is 5.69 Å². The molecule has 2 heterocycles. The number of nitrogens with zero attached hydrogens (tertiary/aromatic N) is 3. The molecule has 1 aromatic heterocycles. The fourth-order valence-electron chi connectivity index (χ4n) is 4.04. The van der Waals surface area contributed by atoms with Crippen molar-refractivity contribution in [3.63, 3.8) is 0 Å². The van der Waals surface area contributed by atoms with E-state index in [-0.39, 0.29) is 5.91 Å². The molecule has 1 saturated heterocycles. The molecular formula is C28H28N6O2. The van der Waals surface area contributed by atoms with E-state index in [1.54, 1.807) is 6.20 Å². The zero-order valence-corrected chi connectivity index (χ0v) is 19.8. The highest BCUT2D eigenvalue weighted by molar-refractivity contribution is 5.95. The van der Waals surface area contributed by atoms with Crippen LogP contribution in [0.1, 0.15) is 11.6 Å². The molecule has 5 rings (SSSR count). The summed E-state index contributed by atoms with van der Waals surface area (Å²) in [6.45, 7) is 3.32. The van der Waals surface area contributed by atoms with Crippen LogP contribution in [0.3, 0.4) is 0 Å². The molecule has 4 N–H and O–H groups in total. The lowest BCUT2D eigenvalue weighted by atomic mass is 10.1. The van der Waals surface area contributed by atoms with Crippen LogP contribution in [0, 0.1) is 0 Å². The number of amides is 1. The van der Waals surface area contributed by atoms with Gasteiger partial charge in [0.1, 0.15) is 6.04 Å². The van der Waals surface area contributed by atoms with Gasteiger partial charge in [0.05, 0.1) is 18.9 Å². The Bertz CT molecular complexity index is 1290. The van der Waals surface area contributed by atoms with E-state index in [0.717, 1.165) is 48.8 Å². The van der Waals surface area contributed by atoms with Crippen LogP contribution in [-0.4, -0.2) is 42.2 Å². The van der Waals surface area contributed by atoms with E-state index in [1.807, 2.05) is 72.8 Å². The van der Waals surface area contributed by atoms with E-state index >= 15 is 0 Å². The van der Waals surface area contributed by atoms with Gasteiger partial charge in [0.2, 0.25) is 11.9 Å². The molecule has 0 aliphatic carbocycles. The smallest absolute Gasteiger partial charge is 0.245 e. The lowest BCUT2D eigenvalue weighted by Crippen LogP contribution is -2.36. The number of ether oxygens (including phenoxy) is 1. The van der Waals surface area contributed by atoms with Crippen molar-refractivity contribution in [2.75, 3.05) is 41.8 Å². The molecule has 1 aliphatic heterocycles. The predicted molar refractivity (Wildman–Crippen MR) is 142 cm³/mol. The van der Waals surface area contributed by atoms with E-state index in [9.17, 15) is 4.79 Å². The van der Waals surface area contributed by atoms with Gasteiger partial charge in [-0.15, -0.1) is 0 Å². The molecule has 1 aliphatic rings. The zero-order chi connectivity index (χ0) is 24.7. The molecule has 0 radical (unpaired) electrons. The highest BCUT2D eigenvalue weighted by Gasteiger charge is 2.15. The molecule has 1 atom stereocenters. The van der Waals surface area contributed by atoms with Gasteiger partial charge in [-0.1, -0.05) is 42.5 Å². The summed E-state index contributed by atoms with van der Waals surface area (Å²) in [7, 11) is 0. The van der Waals surface area contributed by atoms with Crippen molar-refractivity contribution in [2.45, 2.75) is 6.04 Å². The number of nitrogens with one attached hydrogen (secondary N) is 2. The average Bonchev–Trinajstić information content (AvgIpc) is 2.94. The minimum absolute atomic E-state index is 0.262. The molecule has 36 heavy (non-hydrogen) atoms. The van der Waals surface area contributed by atoms with Crippen LogP contribution in [0.2, 0.25) is 0 Å². The Morgan fingerprint density at radius 3 is 2.31 bits per heavy atom. The van der Waals surface area contributed by atoms with Crippen LogP contribution < -0.4 is 21.3 Å². The Kier molecular flexibility index (Phi) is 7.16. The molecule has 0 bridgehead atoms. The Hall–Kier alpha value is -4.27. The van der Waals surface area contributed by atoms with Crippen LogP contribution in [0.25, 0.3) is 11.3 Å². The number of benzene rings is 3. The van der Waals surface area contributed by atoms with Crippen molar-refractivity contribution in [3.8, 4) is 11.3 Å². The maximum absolute atomic E-state index is 12.5. The minimum atomic E-state index is -0.732. The van der Waals surface area contributed by atoms with Gasteiger partial charge >= 0.3 is 0 Å². The standard InChI is InChI=1S/C28H28N6O2/c29-26(21-4-2-1-3-5-21)27(35)31-22-8-6-20(7-9-22)25-14-15-30-28(33-25)32-23-10-12-24(13-11-23)34-16-18-36-19-17-34/h1-15,26H,16-19,29H2,(H,31,35)(H,30,32,33)/t26-/m1/s1. The van der Waals surface area contributed by atoms with Crippen LogP contribution in [0.5, 0.6) is 0 Å². The summed E-state index contributed by atoms with van der Waals surface area (Å²) in [5, 5.41) is 6.15. The summed E-state index contributed by atoms with van der Waals surface area (Å²) < 4.78 is 5.43. The number of rotatable bonds is 7. The first kappa shape index (κ1) is 23.5. The average molecular weight is 481 g/mol. The Balaban J connectivity index is 1.22. The summed E-state index contributed by atoms with van der Waals surface area (Å²) in [4.78, 5) is 23.8. The summed E-state index contributed by atoms with van der Waals surface area (Å²) in [5.41, 5.74) is 11.3. The largest absolute Gasteiger partial charge is 0.378 e. The molecule has 1 fully saturated rings. The number of hydrogen-bond donors (Lipinski definition) is 3. The lowest BCUT2D eigenvalue weighted by Gasteiger charge is -2.28. The lowest BCUT2D eigenvalue weighted by molar-refractivity contribution is -0.117. The quantitative estimate of drug-likeness (QED) is 0.361. The van der Waals surface area contributed by atoms with Gasteiger partial charge in [-0.25, -0.2) is 9.97 Å². The van der Waals surface area contributed by atoms with E-state index in [4.69, 9.17) is 10.5 Å². The normalized spacial score (nSPS) is 14.2. The Morgan fingerprint density at radius 1 is 0.889 bits per heavy atom. The second kappa shape index (κ2) is 11.0. The fraction of sp³-hybridized carbons (Fsp3) is 0.179. The van der Waals surface area contributed by atoms with E-state index in [2.05, 4.69) is 37.6 Å². The van der Waals surface area contributed by atoms with Crippen molar-refractivity contribution >= 4 is 28.9 Å². The molecule has 0 unspecified atom stereocenters. The van der Waals surface area contributed by atoms with Crippen LogP contribution >= 0.6 is 0 Å². The second-order valence-corrected chi connectivity index (χ2v) is 8.49. The minimum Gasteiger partial charge on any atom is -0.378 e. The van der Waals surface area contributed by atoms with Gasteiger partial charge in [-0.3, -0.25) is 4.79 Å². The zero-order valence-electron chi connectivity index (χ0n) is 19.8. The third-order valence-electron chi connectivity index (χ3n) is 6.04. The Labute approximate surface area is 210 Å². The number of aromatic nitrogens is 2. The molecule has 4 aromatic rings. The van der Waals surface area contributed by atoms with Gasteiger partial charge < -0.3 is 26.0 Å². The number of morpholine rings is 1. The predicted octanol–water partition coefficient (Wildman–Crippen LogP) is 4.36. The van der Waals surface area contributed by atoms with E-state index < -0.39 is 6.04 Å². The molecule has 0 saturated carbocycles. The van der Waals surface area contributed by atoms with Crippen molar-refractivity contribution in [1.29, 1.82) is 0 Å². The number of hydrogen-bond acceptors (Lipinski definition) is 7. The molecule has 182 valence electrons. The number of anilines is 4. The topological polar surface area (TPSA) is 105 Å². The number of carbonyl (C=O) groups excluding carboxylic acids is 1. The fourth-order valence-corrected chi connectivity index (χ4v) is 4.04. The van der Waals surface area contributed by atoms with Crippen molar-refractivity contribution in [2.24, 2.45) is 5.73 Å². The van der Waals surface area contributed by atoms with Gasteiger partial charge in [-0.05, 0) is 48.0 Å². The van der Waals surface area contributed by atoms with Crippen LogP contribution in [0.15, 0.2) is 91.1 Å². The molecule has 0 spiro atoms. The molecule has 1 amide bonds. The third-order valence-corrected chi connectivity index (χ3v) is 6.04. The summed E-state index contributed by atoms with van der Waals surface area (Å²) in [6.07, 6.45) is 1.72. The summed E-state index contributed by atoms with van der Waals surface area (Å²) in [6, 6.07) is 26.2. The molecule has 8 nitrogen and oxygen atoms in total. The Morgan fingerprint density at radius 2 is 1.58 bits per heavy atom. The van der Waals surface area contributed by atoms with Crippen molar-refractivity contribution < 1.29 is 9.53 Å². The highest BCUT2D eigenvalue weighted by atomic mass is 16.5. The molecule has 8 heteroatoms. The van der Waals surface area contributed by atoms with Crippen LogP contribution in [0.4, 0.5) is 23.0 Å². The van der Waals surface area contributed by atoms with Crippen molar-refractivity contribution in [3.05, 3.63) is 96.7 Å². The van der Waals surface area contributed by atoms with Crippen LogP contribution in [-0.2, 0) is 9.53 Å². The monoisotopic (exact) mass is 480 g/mol.